The third kappa shape index (κ3) is 5.91. The Morgan fingerprint density at radius 1 is 1.03 bits per heavy atom. The number of amides is 3. The monoisotopic (exact) mass is 407 g/mol. The Morgan fingerprint density at radius 3 is 2.47 bits per heavy atom. The third-order valence-corrected chi connectivity index (χ3v) is 4.59. The molecule has 3 rings (SSSR count). The quantitative estimate of drug-likeness (QED) is 0.597. The Kier molecular flexibility index (Phi) is 7.15. The van der Waals surface area contributed by atoms with E-state index in [1.54, 1.807) is 7.05 Å². The van der Waals surface area contributed by atoms with Gasteiger partial charge in [0.25, 0.3) is 0 Å². The highest BCUT2D eigenvalue weighted by Gasteiger charge is 2.16. The van der Waals surface area contributed by atoms with Gasteiger partial charge in [-0.15, -0.1) is 0 Å². The summed E-state index contributed by atoms with van der Waals surface area (Å²) in [4.78, 5) is 30.1. The average molecular weight is 407 g/mol. The first-order valence-corrected chi connectivity index (χ1v) is 9.81. The predicted octanol–water partition coefficient (Wildman–Crippen LogP) is 3.27. The lowest BCUT2D eigenvalue weighted by Crippen LogP contribution is -2.33. The Bertz CT molecular complexity index is 970. The van der Waals surface area contributed by atoms with Crippen molar-refractivity contribution in [3.63, 3.8) is 0 Å². The normalized spacial score (nSPS) is 10.5. The number of hydrogen-bond donors (Lipinski definition) is 2. The molecule has 0 aliphatic heterocycles. The molecule has 0 atom stereocenters. The van der Waals surface area contributed by atoms with Crippen LogP contribution in [0.3, 0.4) is 0 Å². The van der Waals surface area contributed by atoms with Crippen molar-refractivity contribution in [2.75, 3.05) is 18.9 Å². The van der Waals surface area contributed by atoms with Gasteiger partial charge in [-0.25, -0.2) is 4.79 Å². The highest BCUT2D eigenvalue weighted by molar-refractivity contribution is 5.89. The summed E-state index contributed by atoms with van der Waals surface area (Å²) in [5.74, 6) is -0.157. The van der Waals surface area contributed by atoms with Crippen LogP contribution in [0, 0.1) is 0 Å². The second-order valence-corrected chi connectivity index (χ2v) is 6.84. The molecule has 3 amide bonds. The molecular formula is C22H25N5O3. The minimum Gasteiger partial charge on any atom is -0.344 e. The number of nitrogens with zero attached hydrogens (tertiary/aromatic N) is 3. The molecule has 8 nitrogen and oxygen atoms in total. The smallest absolute Gasteiger partial charge is 0.321 e. The van der Waals surface area contributed by atoms with Crippen LogP contribution in [0.15, 0.2) is 59.1 Å². The molecule has 0 aliphatic rings. The van der Waals surface area contributed by atoms with E-state index in [0.29, 0.717) is 25.3 Å². The van der Waals surface area contributed by atoms with E-state index in [-0.39, 0.29) is 11.9 Å². The number of benzene rings is 2. The van der Waals surface area contributed by atoms with Gasteiger partial charge >= 0.3 is 17.8 Å². The van der Waals surface area contributed by atoms with Crippen LogP contribution in [0.2, 0.25) is 0 Å². The molecule has 0 spiro atoms. The molecule has 0 unspecified atom stereocenters. The van der Waals surface area contributed by atoms with E-state index in [1.807, 2.05) is 54.6 Å². The molecule has 0 saturated heterocycles. The van der Waals surface area contributed by atoms with Crippen LogP contribution >= 0.6 is 0 Å². The van der Waals surface area contributed by atoms with E-state index in [1.165, 1.54) is 10.5 Å². The summed E-state index contributed by atoms with van der Waals surface area (Å²) in [5.41, 5.74) is 2.92. The van der Waals surface area contributed by atoms with Crippen molar-refractivity contribution >= 4 is 17.6 Å². The van der Waals surface area contributed by atoms with E-state index >= 15 is 0 Å². The molecule has 0 radical (unpaired) electrons. The first kappa shape index (κ1) is 21.0. The first-order valence-electron chi connectivity index (χ1n) is 9.81. The van der Waals surface area contributed by atoms with Gasteiger partial charge in [-0.3, -0.25) is 4.79 Å². The average Bonchev–Trinajstić information content (AvgIpc) is 3.26. The summed E-state index contributed by atoms with van der Waals surface area (Å²) in [5, 5.41) is 9.40. The van der Waals surface area contributed by atoms with Gasteiger partial charge in [0.2, 0.25) is 0 Å². The van der Waals surface area contributed by atoms with Crippen LogP contribution in [0.4, 0.5) is 10.5 Å². The predicted molar refractivity (Wildman–Crippen MR) is 113 cm³/mol. The molecule has 0 aliphatic carbocycles. The van der Waals surface area contributed by atoms with Gasteiger partial charge in [-0.1, -0.05) is 54.5 Å². The van der Waals surface area contributed by atoms with Crippen LogP contribution in [-0.4, -0.2) is 40.6 Å². The molecule has 0 bridgehead atoms. The Morgan fingerprint density at radius 2 is 1.77 bits per heavy atom. The highest BCUT2D eigenvalue weighted by atomic mass is 16.5. The molecule has 156 valence electrons. The van der Waals surface area contributed by atoms with E-state index in [4.69, 9.17) is 4.52 Å². The SMILES string of the molecule is CCc1ccc(NC(=O)N(C)CCc2noc(C(=O)NCc3ccccc3)n2)cc1. The van der Waals surface area contributed by atoms with Crippen molar-refractivity contribution in [2.45, 2.75) is 26.3 Å². The van der Waals surface area contributed by atoms with Crippen LogP contribution < -0.4 is 10.6 Å². The number of nitrogens with one attached hydrogen (secondary N) is 2. The molecular weight excluding hydrogens is 382 g/mol. The zero-order chi connectivity index (χ0) is 21.3. The summed E-state index contributed by atoms with van der Waals surface area (Å²) in [7, 11) is 1.68. The number of rotatable bonds is 8. The zero-order valence-electron chi connectivity index (χ0n) is 17.1. The third-order valence-electron chi connectivity index (χ3n) is 4.59. The maximum absolute atomic E-state index is 12.3. The van der Waals surface area contributed by atoms with Crippen LogP contribution in [0.5, 0.6) is 0 Å². The van der Waals surface area contributed by atoms with E-state index in [2.05, 4.69) is 27.7 Å². The summed E-state index contributed by atoms with van der Waals surface area (Å²) < 4.78 is 5.03. The molecule has 2 N–H and O–H groups in total. The Hall–Kier alpha value is -3.68. The molecule has 1 aromatic heterocycles. The maximum atomic E-state index is 12.3. The molecule has 0 fully saturated rings. The van der Waals surface area contributed by atoms with Crippen LogP contribution in [0.25, 0.3) is 0 Å². The second kappa shape index (κ2) is 10.2. The molecule has 3 aromatic rings. The van der Waals surface area contributed by atoms with Crippen LogP contribution in [0.1, 0.15) is 34.6 Å². The molecule has 1 heterocycles. The summed E-state index contributed by atoms with van der Waals surface area (Å²) in [6.45, 7) is 2.83. The zero-order valence-corrected chi connectivity index (χ0v) is 17.1. The van der Waals surface area contributed by atoms with Crippen molar-refractivity contribution in [2.24, 2.45) is 0 Å². The maximum Gasteiger partial charge on any atom is 0.321 e. The van der Waals surface area contributed by atoms with Gasteiger partial charge in [-0.2, -0.15) is 4.98 Å². The molecule has 30 heavy (non-hydrogen) atoms. The van der Waals surface area contributed by atoms with Crippen molar-refractivity contribution in [1.29, 1.82) is 0 Å². The number of likely N-dealkylation sites (N-methyl/N-ethyl adjacent to an activating group) is 1. The minimum absolute atomic E-state index is 0.0935. The number of hydrogen-bond acceptors (Lipinski definition) is 5. The van der Waals surface area contributed by atoms with Gasteiger partial charge in [0.1, 0.15) is 0 Å². The fraction of sp³-hybridized carbons (Fsp3) is 0.273. The number of carbonyl (C=O) groups is 2. The first-order chi connectivity index (χ1) is 14.5. The second-order valence-electron chi connectivity index (χ2n) is 6.84. The lowest BCUT2D eigenvalue weighted by molar-refractivity contribution is 0.0907. The fourth-order valence-electron chi connectivity index (χ4n) is 2.71. The minimum atomic E-state index is -0.431. The standard InChI is InChI=1S/C22H25N5O3/c1-3-16-9-11-18(12-10-16)24-22(29)27(2)14-13-19-25-21(30-26-19)20(28)23-15-17-7-5-4-6-8-17/h4-12H,3,13-15H2,1-2H3,(H,23,28)(H,24,29). The topological polar surface area (TPSA) is 100 Å². The number of anilines is 1. The summed E-state index contributed by atoms with van der Waals surface area (Å²) in [6, 6.07) is 17.0. The van der Waals surface area contributed by atoms with E-state index in [0.717, 1.165) is 17.7 Å². The molecule has 8 heteroatoms. The number of carbonyl (C=O) groups excluding carboxylic acids is 2. The lowest BCUT2D eigenvalue weighted by atomic mass is 10.1. The van der Waals surface area contributed by atoms with Crippen molar-refractivity contribution in [3.8, 4) is 0 Å². The van der Waals surface area contributed by atoms with E-state index in [9.17, 15) is 9.59 Å². The van der Waals surface area contributed by atoms with Gasteiger partial charge in [0.15, 0.2) is 5.82 Å². The van der Waals surface area contributed by atoms with Crippen molar-refractivity contribution in [1.82, 2.24) is 20.4 Å². The van der Waals surface area contributed by atoms with Gasteiger partial charge in [-0.05, 0) is 29.7 Å². The number of aryl methyl sites for hydroxylation is 1. The van der Waals surface area contributed by atoms with Gasteiger partial charge in [0.05, 0.1) is 0 Å². The van der Waals surface area contributed by atoms with E-state index < -0.39 is 5.91 Å². The number of aromatic nitrogens is 2. The molecule has 2 aromatic carbocycles. The van der Waals surface area contributed by atoms with Crippen molar-refractivity contribution < 1.29 is 14.1 Å². The van der Waals surface area contributed by atoms with Gasteiger partial charge < -0.3 is 20.1 Å². The largest absolute Gasteiger partial charge is 0.344 e. The molecule has 0 saturated carbocycles. The Balaban J connectivity index is 1.45. The van der Waals surface area contributed by atoms with Crippen LogP contribution in [-0.2, 0) is 19.4 Å². The highest BCUT2D eigenvalue weighted by Crippen LogP contribution is 2.11. The fourth-order valence-corrected chi connectivity index (χ4v) is 2.71. The summed E-state index contributed by atoms with van der Waals surface area (Å²) in [6.07, 6.45) is 1.32. The van der Waals surface area contributed by atoms with Crippen molar-refractivity contribution in [3.05, 3.63) is 77.4 Å². The van der Waals surface area contributed by atoms with Gasteiger partial charge in [0, 0.05) is 32.2 Å². The Labute approximate surface area is 175 Å². The summed E-state index contributed by atoms with van der Waals surface area (Å²) >= 11 is 0. The lowest BCUT2D eigenvalue weighted by Gasteiger charge is -2.17. The number of urea groups is 1.